The molecule has 0 aliphatic carbocycles. The molecule has 0 bridgehead atoms. The third-order valence-electron chi connectivity index (χ3n) is 3.72. The molecule has 0 radical (unpaired) electrons. The molecule has 26 heavy (non-hydrogen) atoms. The first kappa shape index (κ1) is 17.6. The number of amides is 4. The number of rotatable bonds is 4. The number of aliphatic imine (C=N–C) groups is 1. The minimum Gasteiger partial charge on any atom is -0.494 e. The smallest absolute Gasteiger partial charge is 0.335 e. The quantitative estimate of drug-likeness (QED) is 0.661. The summed E-state index contributed by atoms with van der Waals surface area (Å²) in [5.41, 5.74) is 0.727. The van der Waals surface area contributed by atoms with Crippen LogP contribution in [0.15, 0.2) is 53.5 Å². The minimum absolute atomic E-state index is 0.267. The van der Waals surface area contributed by atoms with E-state index in [4.69, 9.17) is 16.3 Å². The normalized spacial score (nSPS) is 17.5. The predicted octanol–water partition coefficient (Wildman–Crippen LogP) is 2.95. The van der Waals surface area contributed by atoms with Gasteiger partial charge in [0.25, 0.3) is 5.91 Å². The Morgan fingerprint density at radius 3 is 2.65 bits per heavy atom. The van der Waals surface area contributed by atoms with Gasteiger partial charge in [0.2, 0.25) is 5.91 Å². The number of anilines is 1. The van der Waals surface area contributed by atoms with E-state index in [0.29, 0.717) is 16.5 Å². The lowest BCUT2D eigenvalue weighted by Crippen LogP contribution is -2.58. The molecule has 1 atom stereocenters. The SMILES string of the molecule is COc1ccccc1N=CC1C(=O)NC(=O)N(c2cccc(Cl)c2)C1=O. The maximum absolute atomic E-state index is 12.7. The van der Waals surface area contributed by atoms with Crippen LogP contribution in [0, 0.1) is 5.92 Å². The molecule has 1 heterocycles. The number of hydrogen-bond donors (Lipinski definition) is 1. The number of nitrogens with one attached hydrogen (secondary N) is 1. The van der Waals surface area contributed by atoms with Crippen LogP contribution in [0.4, 0.5) is 16.2 Å². The molecule has 1 aliphatic rings. The van der Waals surface area contributed by atoms with Crippen LogP contribution in [0.5, 0.6) is 5.75 Å². The van der Waals surface area contributed by atoms with Crippen molar-refractivity contribution in [1.29, 1.82) is 0 Å². The lowest BCUT2D eigenvalue weighted by molar-refractivity contribution is -0.131. The van der Waals surface area contributed by atoms with Crippen LogP contribution in [0.3, 0.4) is 0 Å². The maximum atomic E-state index is 12.7. The van der Waals surface area contributed by atoms with Crippen molar-refractivity contribution in [2.24, 2.45) is 10.9 Å². The number of nitrogens with zero attached hydrogens (tertiary/aromatic N) is 2. The summed E-state index contributed by atoms with van der Waals surface area (Å²) in [6.45, 7) is 0. The Kier molecular flexibility index (Phi) is 4.99. The van der Waals surface area contributed by atoms with Gasteiger partial charge in [-0.3, -0.25) is 19.9 Å². The van der Waals surface area contributed by atoms with Crippen LogP contribution in [0.2, 0.25) is 5.02 Å². The number of para-hydroxylation sites is 2. The fourth-order valence-corrected chi connectivity index (χ4v) is 2.66. The Hall–Kier alpha value is -3.19. The van der Waals surface area contributed by atoms with Gasteiger partial charge in [-0.05, 0) is 30.3 Å². The fourth-order valence-electron chi connectivity index (χ4n) is 2.47. The molecule has 1 aliphatic heterocycles. The molecular formula is C18H14ClN3O4. The number of halogens is 1. The number of methoxy groups -OCH3 is 1. The number of imide groups is 2. The van der Waals surface area contributed by atoms with Gasteiger partial charge in [-0.1, -0.05) is 29.8 Å². The van der Waals surface area contributed by atoms with Crippen molar-refractivity contribution in [3.8, 4) is 5.75 Å². The van der Waals surface area contributed by atoms with Gasteiger partial charge in [0.1, 0.15) is 11.4 Å². The van der Waals surface area contributed by atoms with Crippen molar-refractivity contribution in [2.45, 2.75) is 0 Å². The van der Waals surface area contributed by atoms with Crippen LogP contribution in [0.25, 0.3) is 0 Å². The Balaban J connectivity index is 1.92. The molecule has 2 aromatic rings. The second-order valence-electron chi connectivity index (χ2n) is 5.38. The average molecular weight is 372 g/mol. The zero-order valence-electron chi connectivity index (χ0n) is 13.7. The van der Waals surface area contributed by atoms with Crippen LogP contribution in [-0.2, 0) is 9.59 Å². The number of carbonyl (C=O) groups excluding carboxylic acids is 3. The number of ether oxygens (including phenoxy) is 1. The van der Waals surface area contributed by atoms with E-state index in [-0.39, 0.29) is 5.69 Å². The molecular weight excluding hydrogens is 358 g/mol. The molecule has 1 unspecified atom stereocenters. The number of barbiturate groups is 1. The Labute approximate surface area is 154 Å². The standard InChI is InChI=1S/C18H14ClN3O4/c1-26-15-8-3-2-7-14(15)20-10-13-16(23)21-18(25)22(17(13)24)12-6-4-5-11(19)9-12/h2-10,13H,1H3,(H,21,23,25). The summed E-state index contributed by atoms with van der Waals surface area (Å²) < 4.78 is 5.18. The average Bonchev–Trinajstić information content (AvgIpc) is 2.61. The summed E-state index contributed by atoms with van der Waals surface area (Å²) in [7, 11) is 1.49. The molecule has 1 fully saturated rings. The fraction of sp³-hybridized carbons (Fsp3) is 0.111. The molecule has 0 aromatic heterocycles. The van der Waals surface area contributed by atoms with Gasteiger partial charge in [-0.2, -0.15) is 0 Å². The molecule has 2 aromatic carbocycles. The largest absolute Gasteiger partial charge is 0.494 e. The van der Waals surface area contributed by atoms with E-state index in [1.54, 1.807) is 42.5 Å². The summed E-state index contributed by atoms with van der Waals surface area (Å²) in [5.74, 6) is -2.21. The van der Waals surface area contributed by atoms with Crippen molar-refractivity contribution < 1.29 is 19.1 Å². The Bertz CT molecular complexity index is 913. The van der Waals surface area contributed by atoms with Crippen molar-refractivity contribution >= 4 is 47.0 Å². The second-order valence-corrected chi connectivity index (χ2v) is 5.81. The second kappa shape index (κ2) is 7.37. The van der Waals surface area contributed by atoms with Gasteiger partial charge in [0, 0.05) is 11.2 Å². The molecule has 0 saturated carbocycles. The van der Waals surface area contributed by atoms with Crippen LogP contribution in [0.1, 0.15) is 0 Å². The third kappa shape index (κ3) is 3.43. The molecule has 132 valence electrons. The van der Waals surface area contributed by atoms with E-state index >= 15 is 0 Å². The van der Waals surface area contributed by atoms with Crippen molar-refractivity contribution in [3.05, 3.63) is 53.6 Å². The van der Waals surface area contributed by atoms with Gasteiger partial charge in [0.05, 0.1) is 12.8 Å². The molecule has 7 nitrogen and oxygen atoms in total. The predicted molar refractivity (Wildman–Crippen MR) is 97.1 cm³/mol. The van der Waals surface area contributed by atoms with Gasteiger partial charge in [-0.15, -0.1) is 0 Å². The van der Waals surface area contributed by atoms with E-state index < -0.39 is 23.8 Å². The lowest BCUT2D eigenvalue weighted by Gasteiger charge is -2.28. The Morgan fingerprint density at radius 1 is 1.15 bits per heavy atom. The summed E-state index contributed by atoms with van der Waals surface area (Å²) in [6.07, 6.45) is 1.19. The summed E-state index contributed by atoms with van der Waals surface area (Å²) >= 11 is 5.92. The number of hydrogen-bond acceptors (Lipinski definition) is 5. The van der Waals surface area contributed by atoms with Crippen molar-refractivity contribution in [2.75, 3.05) is 12.0 Å². The zero-order chi connectivity index (χ0) is 18.7. The monoisotopic (exact) mass is 371 g/mol. The Morgan fingerprint density at radius 2 is 1.92 bits per heavy atom. The number of urea groups is 1. The summed E-state index contributed by atoms with van der Waals surface area (Å²) in [5, 5.41) is 2.51. The molecule has 0 spiro atoms. The van der Waals surface area contributed by atoms with Gasteiger partial charge in [-0.25, -0.2) is 9.69 Å². The van der Waals surface area contributed by atoms with Crippen LogP contribution < -0.4 is 15.0 Å². The molecule has 3 rings (SSSR count). The van der Waals surface area contributed by atoms with E-state index in [2.05, 4.69) is 10.3 Å². The highest BCUT2D eigenvalue weighted by molar-refractivity contribution is 6.34. The minimum atomic E-state index is -1.25. The van der Waals surface area contributed by atoms with Crippen LogP contribution in [-0.4, -0.2) is 31.2 Å². The highest BCUT2D eigenvalue weighted by atomic mass is 35.5. The zero-order valence-corrected chi connectivity index (χ0v) is 14.4. The topological polar surface area (TPSA) is 88.1 Å². The number of benzene rings is 2. The van der Waals surface area contributed by atoms with Gasteiger partial charge in [0.15, 0.2) is 5.92 Å². The first-order chi connectivity index (χ1) is 12.5. The molecule has 1 saturated heterocycles. The first-order valence-corrected chi connectivity index (χ1v) is 8.00. The maximum Gasteiger partial charge on any atom is 0.335 e. The van der Waals surface area contributed by atoms with E-state index in [1.807, 2.05) is 0 Å². The summed E-state index contributed by atoms with van der Waals surface area (Å²) in [6, 6.07) is 12.3. The lowest BCUT2D eigenvalue weighted by atomic mass is 10.1. The van der Waals surface area contributed by atoms with Crippen molar-refractivity contribution in [1.82, 2.24) is 5.32 Å². The van der Waals surface area contributed by atoms with Crippen molar-refractivity contribution in [3.63, 3.8) is 0 Å². The van der Waals surface area contributed by atoms with E-state index in [9.17, 15) is 14.4 Å². The highest BCUT2D eigenvalue weighted by Gasteiger charge is 2.40. The van der Waals surface area contributed by atoms with E-state index in [1.165, 1.54) is 19.4 Å². The van der Waals surface area contributed by atoms with Gasteiger partial charge < -0.3 is 4.74 Å². The van der Waals surface area contributed by atoms with Crippen LogP contribution >= 0.6 is 11.6 Å². The van der Waals surface area contributed by atoms with Gasteiger partial charge >= 0.3 is 6.03 Å². The third-order valence-corrected chi connectivity index (χ3v) is 3.95. The molecule has 1 N–H and O–H groups in total. The van der Waals surface area contributed by atoms with E-state index in [0.717, 1.165) is 4.90 Å². The first-order valence-electron chi connectivity index (χ1n) is 7.63. The molecule has 8 heteroatoms. The molecule has 4 amide bonds. The summed E-state index contributed by atoms with van der Waals surface area (Å²) in [4.78, 5) is 42.0. The number of carbonyl (C=O) groups is 3. The highest BCUT2D eigenvalue weighted by Crippen LogP contribution is 2.27.